The van der Waals surface area contributed by atoms with E-state index in [4.69, 9.17) is 11.6 Å². The van der Waals surface area contributed by atoms with Gasteiger partial charge in [-0.3, -0.25) is 0 Å². The van der Waals surface area contributed by atoms with Crippen molar-refractivity contribution in [1.29, 1.82) is 0 Å². The molecule has 0 fully saturated rings. The quantitative estimate of drug-likeness (QED) is 0.563. The minimum absolute atomic E-state index is 0.155. The molecule has 0 bridgehead atoms. The van der Waals surface area contributed by atoms with E-state index in [1.807, 2.05) is 13.1 Å². The van der Waals surface area contributed by atoms with Gasteiger partial charge in [-0.2, -0.15) is 0 Å². The van der Waals surface area contributed by atoms with E-state index in [1.165, 1.54) is 5.56 Å². The molecule has 1 rings (SSSR count). The van der Waals surface area contributed by atoms with Gasteiger partial charge < -0.3 is 0 Å². The molecule has 1 aromatic rings. The van der Waals surface area contributed by atoms with Crippen LogP contribution in [0.1, 0.15) is 31.9 Å². The zero-order valence-corrected chi connectivity index (χ0v) is 8.74. The lowest BCUT2D eigenvalue weighted by molar-refractivity contribution is 0.587. The summed E-state index contributed by atoms with van der Waals surface area (Å²) < 4.78 is 0. The second-order valence-electron chi connectivity index (χ2n) is 4.08. The summed E-state index contributed by atoms with van der Waals surface area (Å²) in [5, 5.41) is 0.600. The van der Waals surface area contributed by atoms with Gasteiger partial charge in [-0.05, 0) is 23.5 Å². The number of rotatable bonds is 0. The number of aromatic nitrogens is 1. The van der Waals surface area contributed by atoms with Crippen LogP contribution in [-0.4, -0.2) is 4.98 Å². The summed E-state index contributed by atoms with van der Waals surface area (Å²) in [5.74, 6) is 0. The van der Waals surface area contributed by atoms with Crippen molar-refractivity contribution < 1.29 is 0 Å². The van der Waals surface area contributed by atoms with Gasteiger partial charge >= 0.3 is 0 Å². The predicted molar refractivity (Wildman–Crippen MR) is 52.7 cm³/mol. The molecule has 0 spiro atoms. The van der Waals surface area contributed by atoms with E-state index < -0.39 is 0 Å². The topological polar surface area (TPSA) is 12.9 Å². The van der Waals surface area contributed by atoms with Crippen LogP contribution >= 0.6 is 11.6 Å². The first-order valence-corrected chi connectivity index (χ1v) is 4.41. The number of aryl methyl sites for hydroxylation is 1. The first kappa shape index (κ1) is 9.53. The van der Waals surface area contributed by atoms with E-state index in [0.29, 0.717) is 5.15 Å². The Balaban J connectivity index is 3.14. The van der Waals surface area contributed by atoms with Gasteiger partial charge in [0.25, 0.3) is 0 Å². The largest absolute Gasteiger partial charge is 0.244 e. The number of pyridine rings is 1. The Labute approximate surface area is 78.8 Å². The first-order valence-electron chi connectivity index (χ1n) is 4.04. The minimum Gasteiger partial charge on any atom is -0.244 e. The van der Waals surface area contributed by atoms with E-state index in [2.05, 4.69) is 31.8 Å². The lowest BCUT2D eigenvalue weighted by atomic mass is 9.88. The van der Waals surface area contributed by atoms with Gasteiger partial charge in [0.05, 0.1) is 0 Å². The molecule has 0 aliphatic rings. The standard InChI is InChI=1S/C10H14ClN/c1-7-5-8(10(2,3)4)6-12-9(7)11/h5-6H,1-4H3. The lowest BCUT2D eigenvalue weighted by Crippen LogP contribution is -2.11. The Hall–Kier alpha value is -0.560. The highest BCUT2D eigenvalue weighted by atomic mass is 35.5. The van der Waals surface area contributed by atoms with Crippen LogP contribution in [0.5, 0.6) is 0 Å². The van der Waals surface area contributed by atoms with Crippen molar-refractivity contribution in [2.75, 3.05) is 0 Å². The monoisotopic (exact) mass is 183 g/mol. The molecule has 0 atom stereocenters. The van der Waals surface area contributed by atoms with Crippen molar-refractivity contribution in [3.63, 3.8) is 0 Å². The van der Waals surface area contributed by atoms with Crippen LogP contribution in [0.25, 0.3) is 0 Å². The number of hydrogen-bond donors (Lipinski definition) is 0. The molecular formula is C10H14ClN. The molecule has 0 radical (unpaired) electrons. The van der Waals surface area contributed by atoms with Crippen LogP contribution in [-0.2, 0) is 5.41 Å². The van der Waals surface area contributed by atoms with E-state index in [-0.39, 0.29) is 5.41 Å². The maximum absolute atomic E-state index is 5.82. The molecule has 0 aliphatic heterocycles. The van der Waals surface area contributed by atoms with E-state index in [1.54, 1.807) is 0 Å². The van der Waals surface area contributed by atoms with Gasteiger partial charge in [0.2, 0.25) is 0 Å². The molecule has 0 unspecified atom stereocenters. The van der Waals surface area contributed by atoms with Gasteiger partial charge in [0.15, 0.2) is 0 Å². The van der Waals surface area contributed by atoms with Crippen molar-refractivity contribution in [1.82, 2.24) is 4.98 Å². The van der Waals surface area contributed by atoms with Crippen LogP contribution in [0.2, 0.25) is 5.15 Å². The Bertz CT molecular complexity index is 286. The summed E-state index contributed by atoms with van der Waals surface area (Å²) in [5.41, 5.74) is 2.43. The Morgan fingerprint density at radius 2 is 1.92 bits per heavy atom. The third kappa shape index (κ3) is 1.98. The highest BCUT2D eigenvalue weighted by molar-refractivity contribution is 6.30. The Morgan fingerprint density at radius 1 is 1.33 bits per heavy atom. The average Bonchev–Trinajstić information content (AvgIpc) is 1.92. The molecule has 2 heteroatoms. The predicted octanol–water partition coefficient (Wildman–Crippen LogP) is 3.34. The van der Waals surface area contributed by atoms with Crippen molar-refractivity contribution in [3.05, 3.63) is 28.5 Å². The van der Waals surface area contributed by atoms with Crippen LogP contribution in [0.15, 0.2) is 12.3 Å². The van der Waals surface area contributed by atoms with Crippen molar-refractivity contribution in [3.8, 4) is 0 Å². The SMILES string of the molecule is Cc1cc(C(C)(C)C)cnc1Cl. The highest BCUT2D eigenvalue weighted by Gasteiger charge is 2.14. The minimum atomic E-state index is 0.155. The van der Waals surface area contributed by atoms with Crippen molar-refractivity contribution >= 4 is 11.6 Å². The molecule has 0 saturated carbocycles. The van der Waals surface area contributed by atoms with Crippen molar-refractivity contribution in [2.24, 2.45) is 0 Å². The fraction of sp³-hybridized carbons (Fsp3) is 0.500. The molecule has 66 valence electrons. The summed E-state index contributed by atoms with van der Waals surface area (Å²) in [7, 11) is 0. The first-order chi connectivity index (χ1) is 5.41. The van der Waals surface area contributed by atoms with Crippen LogP contribution < -0.4 is 0 Å². The van der Waals surface area contributed by atoms with Gasteiger partial charge in [0, 0.05) is 6.20 Å². The summed E-state index contributed by atoms with van der Waals surface area (Å²) in [6.45, 7) is 8.47. The number of nitrogens with zero attached hydrogens (tertiary/aromatic N) is 1. The third-order valence-electron chi connectivity index (χ3n) is 1.88. The van der Waals surface area contributed by atoms with E-state index >= 15 is 0 Å². The number of halogens is 1. The summed E-state index contributed by atoms with van der Waals surface area (Å²) >= 11 is 5.82. The summed E-state index contributed by atoms with van der Waals surface area (Å²) in [4.78, 5) is 4.11. The van der Waals surface area contributed by atoms with Crippen LogP contribution in [0.4, 0.5) is 0 Å². The smallest absolute Gasteiger partial charge is 0.131 e. The molecule has 0 amide bonds. The van der Waals surface area contributed by atoms with Gasteiger partial charge in [0.1, 0.15) is 5.15 Å². The third-order valence-corrected chi connectivity index (χ3v) is 2.28. The Morgan fingerprint density at radius 3 is 2.33 bits per heavy atom. The molecule has 0 aromatic carbocycles. The normalized spacial score (nSPS) is 11.8. The molecule has 1 aromatic heterocycles. The fourth-order valence-corrected chi connectivity index (χ4v) is 1.07. The van der Waals surface area contributed by atoms with Gasteiger partial charge in [-0.1, -0.05) is 38.4 Å². The van der Waals surface area contributed by atoms with Crippen molar-refractivity contribution in [2.45, 2.75) is 33.1 Å². The van der Waals surface area contributed by atoms with E-state index in [9.17, 15) is 0 Å². The van der Waals surface area contributed by atoms with Gasteiger partial charge in [-0.25, -0.2) is 4.98 Å². The molecule has 1 nitrogen and oxygen atoms in total. The highest BCUT2D eigenvalue weighted by Crippen LogP contribution is 2.24. The molecule has 0 saturated heterocycles. The zero-order chi connectivity index (χ0) is 9.35. The second-order valence-corrected chi connectivity index (χ2v) is 4.44. The second kappa shape index (κ2) is 3.06. The van der Waals surface area contributed by atoms with Crippen LogP contribution in [0.3, 0.4) is 0 Å². The summed E-state index contributed by atoms with van der Waals surface area (Å²) in [6.07, 6.45) is 1.84. The maximum atomic E-state index is 5.82. The molecular weight excluding hydrogens is 170 g/mol. The van der Waals surface area contributed by atoms with E-state index in [0.717, 1.165) is 5.56 Å². The number of hydrogen-bond acceptors (Lipinski definition) is 1. The summed E-state index contributed by atoms with van der Waals surface area (Å²) in [6, 6.07) is 2.09. The lowest BCUT2D eigenvalue weighted by Gasteiger charge is -2.18. The average molecular weight is 184 g/mol. The van der Waals surface area contributed by atoms with Gasteiger partial charge in [-0.15, -0.1) is 0 Å². The molecule has 0 aliphatic carbocycles. The zero-order valence-electron chi connectivity index (χ0n) is 7.98. The fourth-order valence-electron chi connectivity index (χ4n) is 0.968. The maximum Gasteiger partial charge on any atom is 0.131 e. The van der Waals surface area contributed by atoms with Crippen LogP contribution in [0, 0.1) is 6.92 Å². The molecule has 12 heavy (non-hydrogen) atoms. The molecule has 0 N–H and O–H groups in total. The molecule has 1 heterocycles. The Kier molecular flexibility index (Phi) is 2.43.